The van der Waals surface area contributed by atoms with Gasteiger partial charge in [-0.05, 0) is 49.7 Å². The Bertz CT molecular complexity index is 685. The van der Waals surface area contributed by atoms with Gasteiger partial charge < -0.3 is 9.88 Å². The van der Waals surface area contributed by atoms with Crippen LogP contribution in [-0.2, 0) is 19.8 Å². The zero-order valence-electron chi connectivity index (χ0n) is 12.6. The average Bonchev–Trinajstić information content (AvgIpc) is 2.71. The maximum atomic E-state index is 12.5. The van der Waals surface area contributed by atoms with Crippen molar-refractivity contribution < 1.29 is 18.0 Å². The third-order valence-electron chi connectivity index (χ3n) is 3.79. The van der Waals surface area contributed by atoms with E-state index in [-0.39, 0.29) is 5.56 Å². The Balaban J connectivity index is 2.05. The smallest absolute Gasteiger partial charge is 0.352 e. The van der Waals surface area contributed by atoms with Gasteiger partial charge in [0.05, 0.1) is 5.56 Å². The molecule has 1 aromatic heterocycles. The van der Waals surface area contributed by atoms with Crippen molar-refractivity contribution in [1.29, 1.82) is 0 Å². The second-order valence-electron chi connectivity index (χ2n) is 5.21. The van der Waals surface area contributed by atoms with E-state index in [4.69, 9.17) is 0 Å². The summed E-state index contributed by atoms with van der Waals surface area (Å²) in [5, 5.41) is 2.72. The molecule has 0 unspecified atom stereocenters. The first-order valence-electron chi connectivity index (χ1n) is 6.77. The molecule has 0 bridgehead atoms. The Kier molecular flexibility index (Phi) is 4.30. The van der Waals surface area contributed by atoms with Crippen molar-refractivity contribution in [2.75, 3.05) is 0 Å². The summed E-state index contributed by atoms with van der Waals surface area (Å²) in [5.74, 6) is -0.394. The van der Waals surface area contributed by atoms with E-state index in [0.717, 1.165) is 29.1 Å². The van der Waals surface area contributed by atoms with Crippen LogP contribution in [0.4, 0.5) is 13.2 Å². The molecule has 2 rings (SSSR count). The van der Waals surface area contributed by atoms with E-state index in [1.165, 1.54) is 12.1 Å². The molecular formula is C16H17F3N2O. The lowest BCUT2D eigenvalue weighted by molar-refractivity contribution is -0.137. The van der Waals surface area contributed by atoms with E-state index in [1.807, 2.05) is 31.5 Å². The second kappa shape index (κ2) is 5.87. The molecule has 1 N–H and O–H groups in total. The lowest BCUT2D eigenvalue weighted by atomic mass is 10.1. The largest absolute Gasteiger partial charge is 0.416 e. The van der Waals surface area contributed by atoms with Gasteiger partial charge in [-0.15, -0.1) is 0 Å². The number of nitrogens with one attached hydrogen (secondary N) is 1. The molecule has 0 aliphatic heterocycles. The number of rotatable bonds is 3. The summed E-state index contributed by atoms with van der Waals surface area (Å²) >= 11 is 0. The van der Waals surface area contributed by atoms with Crippen LogP contribution in [0.2, 0.25) is 0 Å². The molecule has 0 spiro atoms. The van der Waals surface area contributed by atoms with Crippen molar-refractivity contribution in [2.45, 2.75) is 26.6 Å². The van der Waals surface area contributed by atoms with Gasteiger partial charge in [0.25, 0.3) is 5.91 Å². The van der Waals surface area contributed by atoms with Gasteiger partial charge in [-0.3, -0.25) is 4.79 Å². The minimum atomic E-state index is -4.40. The number of benzene rings is 1. The van der Waals surface area contributed by atoms with Gasteiger partial charge in [0, 0.05) is 30.5 Å². The Morgan fingerprint density at radius 3 is 2.23 bits per heavy atom. The topological polar surface area (TPSA) is 34.0 Å². The number of carbonyl (C=O) groups excluding carboxylic acids is 1. The van der Waals surface area contributed by atoms with Crippen molar-refractivity contribution in [3.8, 4) is 0 Å². The van der Waals surface area contributed by atoms with Crippen LogP contribution in [0.1, 0.15) is 32.9 Å². The molecular weight excluding hydrogens is 293 g/mol. The minimum Gasteiger partial charge on any atom is -0.352 e. The van der Waals surface area contributed by atoms with Crippen molar-refractivity contribution in [3.63, 3.8) is 0 Å². The number of hydrogen-bond acceptors (Lipinski definition) is 1. The number of amides is 1. The van der Waals surface area contributed by atoms with Gasteiger partial charge in [0.15, 0.2) is 0 Å². The highest BCUT2D eigenvalue weighted by Gasteiger charge is 2.30. The van der Waals surface area contributed by atoms with Gasteiger partial charge in [-0.1, -0.05) is 0 Å². The van der Waals surface area contributed by atoms with E-state index in [1.54, 1.807) is 0 Å². The van der Waals surface area contributed by atoms with Gasteiger partial charge >= 0.3 is 6.18 Å². The first kappa shape index (κ1) is 16.1. The number of aryl methyl sites for hydroxylation is 1. The summed E-state index contributed by atoms with van der Waals surface area (Å²) in [6.07, 6.45) is -4.40. The molecule has 0 aliphatic rings. The molecule has 0 aliphatic carbocycles. The van der Waals surface area contributed by atoms with E-state index in [9.17, 15) is 18.0 Å². The summed E-state index contributed by atoms with van der Waals surface area (Å²) in [5.41, 5.74) is 2.55. The Morgan fingerprint density at radius 2 is 1.77 bits per heavy atom. The highest BCUT2D eigenvalue weighted by Crippen LogP contribution is 2.29. The molecule has 2 aromatic rings. The number of nitrogens with zero attached hydrogens (tertiary/aromatic N) is 1. The fourth-order valence-electron chi connectivity index (χ4n) is 2.20. The molecule has 118 valence electrons. The Hall–Kier alpha value is -2.24. The second-order valence-corrected chi connectivity index (χ2v) is 5.21. The molecule has 0 saturated heterocycles. The molecule has 1 amide bonds. The quantitative estimate of drug-likeness (QED) is 0.923. The van der Waals surface area contributed by atoms with Crippen molar-refractivity contribution in [2.24, 2.45) is 7.05 Å². The predicted molar refractivity (Wildman–Crippen MR) is 77.5 cm³/mol. The van der Waals surface area contributed by atoms with Crippen LogP contribution in [0.15, 0.2) is 30.3 Å². The standard InChI is InChI=1S/C16H17F3N2O/c1-10-8-13(11(2)21(10)3)9-20-15(22)12-4-6-14(7-5-12)16(17,18)19/h4-8H,9H2,1-3H3,(H,20,22). The zero-order chi connectivity index (χ0) is 16.5. The molecule has 0 saturated carbocycles. The first-order valence-corrected chi connectivity index (χ1v) is 6.77. The third kappa shape index (κ3) is 3.32. The maximum Gasteiger partial charge on any atom is 0.416 e. The van der Waals surface area contributed by atoms with Crippen LogP contribution in [-0.4, -0.2) is 10.5 Å². The highest BCUT2D eigenvalue weighted by atomic mass is 19.4. The number of alkyl halides is 3. The average molecular weight is 310 g/mol. The van der Waals surface area contributed by atoms with Crippen molar-refractivity contribution >= 4 is 5.91 Å². The summed E-state index contributed by atoms with van der Waals surface area (Å²) in [7, 11) is 1.94. The Morgan fingerprint density at radius 1 is 1.18 bits per heavy atom. The van der Waals surface area contributed by atoms with Gasteiger partial charge in [0.2, 0.25) is 0 Å². The SMILES string of the molecule is Cc1cc(CNC(=O)c2ccc(C(F)(F)F)cc2)c(C)n1C. The van der Waals surface area contributed by atoms with E-state index in [2.05, 4.69) is 5.32 Å². The summed E-state index contributed by atoms with van der Waals surface area (Å²) in [6.45, 7) is 4.26. The zero-order valence-corrected chi connectivity index (χ0v) is 12.6. The first-order chi connectivity index (χ1) is 10.2. The fraction of sp³-hybridized carbons (Fsp3) is 0.312. The van der Waals surface area contributed by atoms with Gasteiger partial charge in [-0.25, -0.2) is 0 Å². The van der Waals surface area contributed by atoms with Crippen LogP contribution in [0.3, 0.4) is 0 Å². The molecule has 1 heterocycles. The van der Waals surface area contributed by atoms with Crippen molar-refractivity contribution in [1.82, 2.24) is 9.88 Å². The van der Waals surface area contributed by atoms with Crippen LogP contribution >= 0.6 is 0 Å². The van der Waals surface area contributed by atoms with Gasteiger partial charge in [0.1, 0.15) is 0 Å². The third-order valence-corrected chi connectivity index (χ3v) is 3.79. The Labute approximate surface area is 126 Å². The normalized spacial score (nSPS) is 11.5. The fourth-order valence-corrected chi connectivity index (χ4v) is 2.20. The predicted octanol–water partition coefficient (Wildman–Crippen LogP) is 3.59. The summed E-state index contributed by atoms with van der Waals surface area (Å²) in [4.78, 5) is 12.0. The summed E-state index contributed by atoms with van der Waals surface area (Å²) < 4.78 is 39.4. The minimum absolute atomic E-state index is 0.207. The van der Waals surface area contributed by atoms with Crippen molar-refractivity contribution in [3.05, 3.63) is 58.4 Å². The lowest BCUT2D eigenvalue weighted by Crippen LogP contribution is -2.23. The van der Waals surface area contributed by atoms with Crippen LogP contribution in [0, 0.1) is 13.8 Å². The highest BCUT2D eigenvalue weighted by molar-refractivity contribution is 5.94. The lowest BCUT2D eigenvalue weighted by Gasteiger charge is -2.08. The molecule has 0 radical (unpaired) electrons. The molecule has 3 nitrogen and oxygen atoms in total. The molecule has 0 fully saturated rings. The van der Waals surface area contributed by atoms with E-state index >= 15 is 0 Å². The summed E-state index contributed by atoms with van der Waals surface area (Å²) in [6, 6.07) is 6.16. The number of aromatic nitrogens is 1. The number of halogens is 3. The van der Waals surface area contributed by atoms with E-state index < -0.39 is 17.6 Å². The van der Waals surface area contributed by atoms with E-state index in [0.29, 0.717) is 6.54 Å². The number of hydrogen-bond donors (Lipinski definition) is 1. The van der Waals surface area contributed by atoms with Crippen LogP contribution in [0.5, 0.6) is 0 Å². The molecule has 1 aromatic carbocycles. The monoisotopic (exact) mass is 310 g/mol. The molecule has 22 heavy (non-hydrogen) atoms. The van der Waals surface area contributed by atoms with Crippen LogP contribution in [0.25, 0.3) is 0 Å². The molecule has 0 atom stereocenters. The van der Waals surface area contributed by atoms with Gasteiger partial charge in [-0.2, -0.15) is 13.2 Å². The van der Waals surface area contributed by atoms with Crippen LogP contribution < -0.4 is 5.32 Å². The maximum absolute atomic E-state index is 12.5. The number of carbonyl (C=O) groups is 1. The molecule has 6 heteroatoms.